The molecule has 90 valence electrons. The van der Waals surface area contributed by atoms with Gasteiger partial charge in [-0.15, -0.1) is 11.3 Å². The fraction of sp³-hybridized carbons (Fsp3) is 0.308. The number of benzene rings is 1. The first-order valence-corrected chi connectivity index (χ1v) is 7.14. The SMILES string of the molecule is Cc1nc(CNCc2cccc(Br)c2)sc1C. The number of nitrogens with one attached hydrogen (secondary N) is 1. The van der Waals surface area contributed by atoms with Crippen LogP contribution in [0, 0.1) is 13.8 Å². The van der Waals surface area contributed by atoms with Gasteiger partial charge in [0.25, 0.3) is 0 Å². The average Bonchev–Trinajstić information content (AvgIpc) is 2.58. The fourth-order valence-corrected chi connectivity index (χ4v) is 2.93. The van der Waals surface area contributed by atoms with Crippen LogP contribution in [0.4, 0.5) is 0 Å². The van der Waals surface area contributed by atoms with Crippen LogP contribution in [-0.4, -0.2) is 4.98 Å². The minimum atomic E-state index is 0.839. The van der Waals surface area contributed by atoms with E-state index < -0.39 is 0 Å². The molecule has 0 fully saturated rings. The quantitative estimate of drug-likeness (QED) is 0.928. The summed E-state index contributed by atoms with van der Waals surface area (Å²) < 4.78 is 1.12. The Kier molecular flexibility index (Phi) is 4.31. The topological polar surface area (TPSA) is 24.9 Å². The minimum absolute atomic E-state index is 0.839. The van der Waals surface area contributed by atoms with Crippen molar-refractivity contribution >= 4 is 27.3 Å². The van der Waals surface area contributed by atoms with Gasteiger partial charge in [0, 0.05) is 22.4 Å². The van der Waals surface area contributed by atoms with Crippen LogP contribution in [0.5, 0.6) is 0 Å². The molecule has 2 rings (SSSR count). The number of rotatable bonds is 4. The molecule has 1 heterocycles. The van der Waals surface area contributed by atoms with Gasteiger partial charge >= 0.3 is 0 Å². The standard InChI is InChI=1S/C13H15BrN2S/c1-9-10(2)17-13(16-9)8-15-7-11-4-3-5-12(14)6-11/h3-6,15H,7-8H2,1-2H3. The molecule has 0 radical (unpaired) electrons. The highest BCUT2D eigenvalue weighted by molar-refractivity contribution is 9.10. The first kappa shape index (κ1) is 12.7. The maximum atomic E-state index is 4.51. The summed E-state index contributed by atoms with van der Waals surface area (Å²) in [5.74, 6) is 0. The number of hydrogen-bond donors (Lipinski definition) is 1. The molecule has 1 aromatic heterocycles. The summed E-state index contributed by atoms with van der Waals surface area (Å²) in [4.78, 5) is 5.82. The van der Waals surface area contributed by atoms with Gasteiger partial charge in [0.05, 0.1) is 5.69 Å². The number of aryl methyl sites for hydroxylation is 2. The van der Waals surface area contributed by atoms with Crippen LogP contribution in [-0.2, 0) is 13.1 Å². The van der Waals surface area contributed by atoms with Gasteiger partial charge in [-0.25, -0.2) is 4.98 Å². The van der Waals surface area contributed by atoms with Crippen molar-refractivity contribution in [3.05, 3.63) is 49.9 Å². The third-order valence-electron chi connectivity index (χ3n) is 2.57. The molecular formula is C13H15BrN2S. The molecule has 0 saturated carbocycles. The maximum Gasteiger partial charge on any atom is 0.107 e. The number of halogens is 1. The molecule has 0 aliphatic carbocycles. The molecule has 0 aliphatic rings. The minimum Gasteiger partial charge on any atom is -0.306 e. The molecule has 0 saturated heterocycles. The summed E-state index contributed by atoms with van der Waals surface area (Å²) in [7, 11) is 0. The van der Waals surface area contributed by atoms with Crippen molar-refractivity contribution in [1.29, 1.82) is 0 Å². The molecule has 0 bridgehead atoms. The Hall–Kier alpha value is -0.710. The molecule has 0 aliphatic heterocycles. The Morgan fingerprint density at radius 1 is 1.29 bits per heavy atom. The van der Waals surface area contributed by atoms with E-state index >= 15 is 0 Å². The lowest BCUT2D eigenvalue weighted by atomic mass is 10.2. The zero-order valence-electron chi connectivity index (χ0n) is 9.96. The van der Waals surface area contributed by atoms with Gasteiger partial charge in [-0.2, -0.15) is 0 Å². The zero-order valence-corrected chi connectivity index (χ0v) is 12.4. The Morgan fingerprint density at radius 3 is 2.76 bits per heavy atom. The Morgan fingerprint density at radius 2 is 2.12 bits per heavy atom. The number of aromatic nitrogens is 1. The van der Waals surface area contributed by atoms with E-state index in [9.17, 15) is 0 Å². The first-order valence-electron chi connectivity index (χ1n) is 5.53. The second-order valence-electron chi connectivity index (χ2n) is 3.98. The second kappa shape index (κ2) is 5.76. The van der Waals surface area contributed by atoms with Crippen LogP contribution >= 0.6 is 27.3 Å². The molecule has 0 amide bonds. The molecule has 2 aromatic rings. The van der Waals surface area contributed by atoms with Crippen LogP contribution < -0.4 is 5.32 Å². The van der Waals surface area contributed by atoms with E-state index in [2.05, 4.69) is 58.3 Å². The second-order valence-corrected chi connectivity index (χ2v) is 6.19. The molecule has 2 nitrogen and oxygen atoms in total. The Balaban J connectivity index is 1.87. The molecular weight excluding hydrogens is 296 g/mol. The van der Waals surface area contributed by atoms with Crippen molar-refractivity contribution < 1.29 is 0 Å². The van der Waals surface area contributed by atoms with Gasteiger partial charge in [-0.05, 0) is 31.5 Å². The molecule has 0 spiro atoms. The normalized spacial score (nSPS) is 10.8. The monoisotopic (exact) mass is 310 g/mol. The van der Waals surface area contributed by atoms with Crippen molar-refractivity contribution in [3.63, 3.8) is 0 Å². The highest BCUT2D eigenvalue weighted by Gasteiger charge is 2.02. The molecule has 4 heteroatoms. The van der Waals surface area contributed by atoms with E-state index in [0.717, 1.165) is 28.3 Å². The molecule has 0 unspecified atom stereocenters. The van der Waals surface area contributed by atoms with Crippen LogP contribution in [0.1, 0.15) is 21.1 Å². The third-order valence-corrected chi connectivity index (χ3v) is 4.13. The summed E-state index contributed by atoms with van der Waals surface area (Å²) in [5.41, 5.74) is 2.43. The van der Waals surface area contributed by atoms with Gasteiger partial charge < -0.3 is 5.32 Å². The lowest BCUT2D eigenvalue weighted by Gasteiger charge is -2.03. The largest absolute Gasteiger partial charge is 0.306 e. The molecule has 1 N–H and O–H groups in total. The highest BCUT2D eigenvalue weighted by Crippen LogP contribution is 2.16. The Bertz CT molecular complexity index is 488. The van der Waals surface area contributed by atoms with Gasteiger partial charge in [0.15, 0.2) is 0 Å². The van der Waals surface area contributed by atoms with Crippen LogP contribution in [0.15, 0.2) is 28.7 Å². The van der Waals surface area contributed by atoms with Crippen molar-refractivity contribution in [2.45, 2.75) is 26.9 Å². The summed E-state index contributed by atoms with van der Waals surface area (Å²) in [6.07, 6.45) is 0. The van der Waals surface area contributed by atoms with Gasteiger partial charge in [-0.1, -0.05) is 28.1 Å². The van der Waals surface area contributed by atoms with Gasteiger partial charge in [-0.3, -0.25) is 0 Å². The van der Waals surface area contributed by atoms with E-state index in [-0.39, 0.29) is 0 Å². The van der Waals surface area contributed by atoms with Crippen molar-refractivity contribution in [3.8, 4) is 0 Å². The lowest BCUT2D eigenvalue weighted by molar-refractivity contribution is 0.688. The van der Waals surface area contributed by atoms with E-state index in [0.29, 0.717) is 0 Å². The smallest absolute Gasteiger partial charge is 0.107 e. The van der Waals surface area contributed by atoms with Gasteiger partial charge in [0.1, 0.15) is 5.01 Å². The number of hydrogen-bond acceptors (Lipinski definition) is 3. The first-order chi connectivity index (χ1) is 8.15. The summed E-state index contributed by atoms with van der Waals surface area (Å²) in [6.45, 7) is 5.89. The van der Waals surface area contributed by atoms with Crippen molar-refractivity contribution in [1.82, 2.24) is 10.3 Å². The molecule has 1 aromatic carbocycles. The highest BCUT2D eigenvalue weighted by atomic mass is 79.9. The molecule has 17 heavy (non-hydrogen) atoms. The van der Waals surface area contributed by atoms with E-state index in [1.807, 2.05) is 6.07 Å². The van der Waals surface area contributed by atoms with Gasteiger partial charge in [0.2, 0.25) is 0 Å². The van der Waals surface area contributed by atoms with Crippen LogP contribution in [0.3, 0.4) is 0 Å². The summed E-state index contributed by atoms with van der Waals surface area (Å²) in [5, 5.41) is 4.57. The predicted molar refractivity (Wildman–Crippen MR) is 76.3 cm³/mol. The predicted octanol–water partition coefficient (Wildman–Crippen LogP) is 3.81. The third kappa shape index (κ3) is 3.63. The van der Waals surface area contributed by atoms with E-state index in [4.69, 9.17) is 0 Å². The summed E-state index contributed by atoms with van der Waals surface area (Å²) in [6, 6.07) is 8.34. The zero-order chi connectivity index (χ0) is 12.3. The molecule has 0 atom stereocenters. The maximum absolute atomic E-state index is 4.51. The van der Waals surface area contributed by atoms with Crippen LogP contribution in [0.25, 0.3) is 0 Å². The average molecular weight is 311 g/mol. The van der Waals surface area contributed by atoms with E-state index in [1.54, 1.807) is 11.3 Å². The Labute approximate surface area is 114 Å². The van der Waals surface area contributed by atoms with Crippen molar-refractivity contribution in [2.24, 2.45) is 0 Å². The summed E-state index contributed by atoms with van der Waals surface area (Å²) >= 11 is 5.24. The number of nitrogens with zero attached hydrogens (tertiary/aromatic N) is 1. The van der Waals surface area contributed by atoms with Crippen molar-refractivity contribution in [2.75, 3.05) is 0 Å². The lowest BCUT2D eigenvalue weighted by Crippen LogP contribution is -2.12. The van der Waals surface area contributed by atoms with E-state index in [1.165, 1.54) is 10.4 Å². The number of thiazole rings is 1. The van der Waals surface area contributed by atoms with Crippen LogP contribution in [0.2, 0.25) is 0 Å². The fourth-order valence-electron chi connectivity index (χ4n) is 1.58.